The Balaban J connectivity index is 1.54. The minimum atomic E-state index is -0.505. The topological polar surface area (TPSA) is 65.1 Å². The zero-order chi connectivity index (χ0) is 20.1. The molecule has 1 aromatic carbocycles. The number of hydrogen-bond donors (Lipinski definition) is 1. The number of piperazine rings is 1. The van der Waals surface area contributed by atoms with E-state index >= 15 is 0 Å². The molecule has 0 aliphatic carbocycles. The molecule has 28 heavy (non-hydrogen) atoms. The van der Waals surface area contributed by atoms with Crippen LogP contribution in [0.4, 0.5) is 10.5 Å². The van der Waals surface area contributed by atoms with Crippen LogP contribution >= 0.6 is 0 Å². The minimum Gasteiger partial charge on any atom is -0.444 e. The molecule has 0 bridgehead atoms. The van der Waals surface area contributed by atoms with Crippen molar-refractivity contribution < 1.29 is 14.3 Å². The second kappa shape index (κ2) is 8.82. The van der Waals surface area contributed by atoms with E-state index in [9.17, 15) is 9.59 Å². The van der Waals surface area contributed by atoms with Gasteiger partial charge in [-0.3, -0.25) is 4.79 Å². The van der Waals surface area contributed by atoms with Crippen molar-refractivity contribution in [1.82, 2.24) is 15.1 Å². The lowest BCUT2D eigenvalue weighted by Gasteiger charge is -2.35. The van der Waals surface area contributed by atoms with E-state index in [0.717, 1.165) is 38.3 Å². The van der Waals surface area contributed by atoms with Crippen molar-refractivity contribution in [3.63, 3.8) is 0 Å². The third-order valence-electron chi connectivity index (χ3n) is 5.04. The Kier molecular flexibility index (Phi) is 6.44. The zero-order valence-electron chi connectivity index (χ0n) is 17.2. The standard InChI is InChI=1S/C21H32N4O3/c1-21(2,3)28-20(27)25-15-13-24(14-16-25)19(26)17-5-7-18(8-6-17)23-11-4-9-22-10-12-23/h5-8,22H,4,9-16H2,1-3H3. The molecule has 7 nitrogen and oxygen atoms in total. The average Bonchev–Trinajstić information content (AvgIpc) is 2.96. The molecule has 0 aromatic heterocycles. The Morgan fingerprint density at radius 3 is 2.18 bits per heavy atom. The molecular weight excluding hydrogens is 356 g/mol. The van der Waals surface area contributed by atoms with Gasteiger partial charge in [0.2, 0.25) is 0 Å². The van der Waals surface area contributed by atoms with E-state index < -0.39 is 5.60 Å². The zero-order valence-corrected chi connectivity index (χ0v) is 17.2. The molecule has 2 saturated heterocycles. The number of benzene rings is 1. The predicted molar refractivity (Wildman–Crippen MR) is 110 cm³/mol. The van der Waals surface area contributed by atoms with Crippen molar-refractivity contribution in [2.45, 2.75) is 32.8 Å². The summed E-state index contributed by atoms with van der Waals surface area (Å²) in [6, 6.07) is 7.90. The molecule has 0 radical (unpaired) electrons. The van der Waals surface area contributed by atoms with Gasteiger partial charge in [0.15, 0.2) is 0 Å². The van der Waals surface area contributed by atoms with Gasteiger partial charge in [0.1, 0.15) is 5.60 Å². The van der Waals surface area contributed by atoms with E-state index in [1.807, 2.05) is 49.9 Å². The smallest absolute Gasteiger partial charge is 0.410 e. The number of carbonyl (C=O) groups excluding carboxylic acids is 2. The molecule has 154 valence electrons. The van der Waals surface area contributed by atoms with Gasteiger partial charge in [-0.1, -0.05) is 0 Å². The van der Waals surface area contributed by atoms with E-state index in [2.05, 4.69) is 10.2 Å². The fourth-order valence-corrected chi connectivity index (χ4v) is 3.52. The number of rotatable bonds is 2. The number of nitrogens with one attached hydrogen (secondary N) is 1. The van der Waals surface area contributed by atoms with E-state index in [-0.39, 0.29) is 12.0 Å². The van der Waals surface area contributed by atoms with Crippen LogP contribution in [0.2, 0.25) is 0 Å². The van der Waals surface area contributed by atoms with Crippen LogP contribution in [0.5, 0.6) is 0 Å². The number of ether oxygens (including phenoxy) is 1. The van der Waals surface area contributed by atoms with Gasteiger partial charge in [-0.15, -0.1) is 0 Å². The molecule has 2 aliphatic heterocycles. The normalized spacial score (nSPS) is 18.6. The van der Waals surface area contributed by atoms with E-state index in [4.69, 9.17) is 4.74 Å². The molecule has 0 spiro atoms. The second-order valence-corrected chi connectivity index (χ2v) is 8.40. The first kappa shape index (κ1) is 20.5. The predicted octanol–water partition coefficient (Wildman–Crippen LogP) is 2.18. The summed E-state index contributed by atoms with van der Waals surface area (Å²) in [5.74, 6) is 0.0212. The van der Waals surface area contributed by atoms with Gasteiger partial charge in [-0.05, 0) is 58.0 Å². The highest BCUT2D eigenvalue weighted by atomic mass is 16.6. The van der Waals surface area contributed by atoms with Crippen molar-refractivity contribution in [3.05, 3.63) is 29.8 Å². The van der Waals surface area contributed by atoms with E-state index in [0.29, 0.717) is 31.7 Å². The summed E-state index contributed by atoms with van der Waals surface area (Å²) in [6.45, 7) is 11.7. The summed E-state index contributed by atoms with van der Waals surface area (Å²) in [5, 5.41) is 3.40. The number of nitrogens with zero attached hydrogens (tertiary/aromatic N) is 3. The Labute approximate surface area is 167 Å². The first-order valence-corrected chi connectivity index (χ1v) is 10.2. The molecule has 2 heterocycles. The van der Waals surface area contributed by atoms with Gasteiger partial charge in [0.25, 0.3) is 5.91 Å². The molecule has 0 unspecified atom stereocenters. The summed E-state index contributed by atoms with van der Waals surface area (Å²) in [5.41, 5.74) is 1.35. The summed E-state index contributed by atoms with van der Waals surface area (Å²) >= 11 is 0. The second-order valence-electron chi connectivity index (χ2n) is 8.40. The molecule has 1 N–H and O–H groups in total. The number of hydrogen-bond acceptors (Lipinski definition) is 5. The average molecular weight is 389 g/mol. The summed E-state index contributed by atoms with van der Waals surface area (Å²) in [7, 11) is 0. The third-order valence-corrected chi connectivity index (χ3v) is 5.04. The Morgan fingerprint density at radius 1 is 0.893 bits per heavy atom. The number of amides is 2. The van der Waals surface area contributed by atoms with Crippen molar-refractivity contribution in [3.8, 4) is 0 Å². The lowest BCUT2D eigenvalue weighted by Crippen LogP contribution is -2.51. The molecule has 0 saturated carbocycles. The first-order chi connectivity index (χ1) is 13.3. The Bertz CT molecular complexity index is 668. The summed E-state index contributed by atoms with van der Waals surface area (Å²) < 4.78 is 5.41. The van der Waals surface area contributed by atoms with E-state index in [1.165, 1.54) is 0 Å². The van der Waals surface area contributed by atoms with Crippen molar-refractivity contribution in [2.75, 3.05) is 57.3 Å². The van der Waals surface area contributed by atoms with Crippen LogP contribution in [0.1, 0.15) is 37.6 Å². The van der Waals surface area contributed by atoms with Gasteiger partial charge in [-0.2, -0.15) is 0 Å². The van der Waals surface area contributed by atoms with Crippen LogP contribution in [0, 0.1) is 0 Å². The Morgan fingerprint density at radius 2 is 1.54 bits per heavy atom. The molecule has 3 rings (SSSR count). The number of carbonyl (C=O) groups is 2. The lowest BCUT2D eigenvalue weighted by atomic mass is 10.1. The van der Waals surface area contributed by atoms with Crippen LogP contribution < -0.4 is 10.2 Å². The fraction of sp³-hybridized carbons (Fsp3) is 0.619. The third kappa shape index (κ3) is 5.38. The maximum Gasteiger partial charge on any atom is 0.410 e. The quantitative estimate of drug-likeness (QED) is 0.841. The maximum absolute atomic E-state index is 12.8. The molecule has 7 heteroatoms. The molecule has 2 fully saturated rings. The largest absolute Gasteiger partial charge is 0.444 e. The summed E-state index contributed by atoms with van der Waals surface area (Å²) in [4.78, 5) is 30.8. The molecule has 2 amide bonds. The molecule has 0 atom stereocenters. The summed E-state index contributed by atoms with van der Waals surface area (Å²) in [6.07, 6.45) is 0.818. The highest BCUT2D eigenvalue weighted by Crippen LogP contribution is 2.18. The monoisotopic (exact) mass is 388 g/mol. The molecular formula is C21H32N4O3. The SMILES string of the molecule is CC(C)(C)OC(=O)N1CCN(C(=O)c2ccc(N3CCCNCC3)cc2)CC1. The Hall–Kier alpha value is -2.28. The first-order valence-electron chi connectivity index (χ1n) is 10.2. The van der Waals surface area contributed by atoms with E-state index in [1.54, 1.807) is 4.90 Å². The van der Waals surface area contributed by atoms with Crippen LogP contribution in [-0.2, 0) is 4.74 Å². The van der Waals surface area contributed by atoms with Gasteiger partial charge >= 0.3 is 6.09 Å². The highest BCUT2D eigenvalue weighted by Gasteiger charge is 2.28. The van der Waals surface area contributed by atoms with Gasteiger partial charge in [0.05, 0.1) is 0 Å². The van der Waals surface area contributed by atoms with Crippen LogP contribution in [0.3, 0.4) is 0 Å². The fourth-order valence-electron chi connectivity index (χ4n) is 3.52. The minimum absolute atomic E-state index is 0.0212. The maximum atomic E-state index is 12.8. The molecule has 1 aromatic rings. The highest BCUT2D eigenvalue weighted by molar-refractivity contribution is 5.94. The van der Waals surface area contributed by atoms with Crippen molar-refractivity contribution >= 4 is 17.7 Å². The van der Waals surface area contributed by atoms with Gasteiger partial charge in [-0.25, -0.2) is 4.79 Å². The lowest BCUT2D eigenvalue weighted by molar-refractivity contribution is 0.0141. The van der Waals surface area contributed by atoms with Gasteiger partial charge < -0.3 is 24.8 Å². The van der Waals surface area contributed by atoms with Crippen LogP contribution in [0.25, 0.3) is 0 Å². The van der Waals surface area contributed by atoms with Crippen LogP contribution in [0.15, 0.2) is 24.3 Å². The van der Waals surface area contributed by atoms with Gasteiger partial charge in [0, 0.05) is 57.1 Å². The molecule has 2 aliphatic rings. The van der Waals surface area contributed by atoms with Crippen molar-refractivity contribution in [2.24, 2.45) is 0 Å². The van der Waals surface area contributed by atoms with Crippen molar-refractivity contribution in [1.29, 1.82) is 0 Å². The van der Waals surface area contributed by atoms with Crippen LogP contribution in [-0.4, -0.2) is 79.8 Å². The number of anilines is 1.